The van der Waals surface area contributed by atoms with Crippen molar-refractivity contribution in [3.8, 4) is 0 Å². The molecule has 2 amide bonds. The number of nitrogens with zero attached hydrogens (tertiary/aromatic N) is 4. The molecule has 42 heavy (non-hydrogen) atoms. The van der Waals surface area contributed by atoms with Crippen molar-refractivity contribution in [2.45, 2.75) is 71.5 Å². The Morgan fingerprint density at radius 1 is 1.17 bits per heavy atom. The Labute approximate surface area is 247 Å². The van der Waals surface area contributed by atoms with Crippen molar-refractivity contribution in [3.63, 3.8) is 0 Å². The maximum atomic E-state index is 13.7. The summed E-state index contributed by atoms with van der Waals surface area (Å²) in [6, 6.07) is 3.03. The maximum Gasteiger partial charge on any atom is 0.404 e. The third-order valence-corrected chi connectivity index (χ3v) is 7.11. The van der Waals surface area contributed by atoms with Crippen LogP contribution in [0.2, 0.25) is 0 Å². The number of ether oxygens (including phenoxy) is 2. The Morgan fingerprint density at radius 3 is 2.55 bits per heavy atom. The van der Waals surface area contributed by atoms with Crippen LogP contribution in [-0.4, -0.2) is 57.1 Å². The molecule has 0 aliphatic carbocycles. The number of fused-ring (bicyclic) bond motifs is 1. The van der Waals surface area contributed by atoms with Gasteiger partial charge in [-0.05, 0) is 51.8 Å². The summed E-state index contributed by atoms with van der Waals surface area (Å²) in [5.41, 5.74) is 5.44. The number of esters is 1. The lowest BCUT2D eigenvalue weighted by molar-refractivity contribution is -0.148. The molecule has 3 aromatic rings. The number of piperidine rings is 1. The number of amides is 2. The van der Waals surface area contributed by atoms with E-state index in [1.165, 1.54) is 46.2 Å². The molecule has 0 bridgehead atoms. The fourth-order valence-electron chi connectivity index (χ4n) is 4.39. The van der Waals surface area contributed by atoms with Gasteiger partial charge in [0, 0.05) is 35.2 Å². The molecule has 1 unspecified atom stereocenters. The lowest BCUT2D eigenvalue weighted by Crippen LogP contribution is -2.43. The summed E-state index contributed by atoms with van der Waals surface area (Å²) in [6.07, 6.45) is 3.90. The first-order valence-electron chi connectivity index (χ1n) is 13.6. The van der Waals surface area contributed by atoms with Crippen LogP contribution in [0, 0.1) is 0 Å². The van der Waals surface area contributed by atoms with Crippen molar-refractivity contribution in [2.24, 2.45) is 5.73 Å². The van der Waals surface area contributed by atoms with E-state index in [4.69, 9.17) is 20.2 Å². The number of pyridine rings is 1. The van der Waals surface area contributed by atoms with Crippen LogP contribution in [-0.2, 0) is 19.7 Å². The molecule has 4 rings (SSSR count). The van der Waals surface area contributed by atoms with Gasteiger partial charge < -0.3 is 20.1 Å². The summed E-state index contributed by atoms with van der Waals surface area (Å²) in [6.45, 7) is 12.1. The van der Waals surface area contributed by atoms with E-state index < -0.39 is 35.2 Å². The molecule has 0 radical (unpaired) electrons. The van der Waals surface area contributed by atoms with E-state index in [1.54, 1.807) is 20.8 Å². The van der Waals surface area contributed by atoms with Gasteiger partial charge in [-0.3, -0.25) is 19.3 Å². The van der Waals surface area contributed by atoms with Crippen LogP contribution in [0.3, 0.4) is 0 Å². The second-order valence-corrected chi connectivity index (χ2v) is 12.9. The Kier molecular flexibility index (Phi) is 8.71. The first-order valence-corrected chi connectivity index (χ1v) is 14.4. The molecule has 12 nitrogen and oxygen atoms in total. The Hall–Kier alpha value is -4.26. The topological polar surface area (TPSA) is 158 Å². The van der Waals surface area contributed by atoms with Crippen LogP contribution in [0.5, 0.6) is 0 Å². The van der Waals surface area contributed by atoms with E-state index >= 15 is 0 Å². The first-order chi connectivity index (χ1) is 19.6. The highest BCUT2D eigenvalue weighted by Crippen LogP contribution is 2.27. The summed E-state index contributed by atoms with van der Waals surface area (Å²) in [5, 5.41) is 5.19. The van der Waals surface area contributed by atoms with E-state index in [-0.39, 0.29) is 34.6 Å². The molecular formula is C29H36N6O6S. The van der Waals surface area contributed by atoms with Gasteiger partial charge in [-0.15, -0.1) is 11.3 Å². The van der Waals surface area contributed by atoms with Crippen molar-refractivity contribution >= 4 is 52.0 Å². The van der Waals surface area contributed by atoms with Crippen LogP contribution in [0.4, 0.5) is 15.7 Å². The second kappa shape index (κ2) is 11.9. The van der Waals surface area contributed by atoms with E-state index in [0.717, 1.165) is 5.69 Å². The molecule has 1 aliphatic heterocycles. The zero-order chi connectivity index (χ0) is 30.8. The second-order valence-electron chi connectivity index (χ2n) is 12.1. The summed E-state index contributed by atoms with van der Waals surface area (Å²) in [5.74, 6) is -0.731. The molecule has 1 atom stereocenters. The molecule has 1 fully saturated rings. The standard InChI is InChI=1S/C29H36N6O6S/c1-28(2,3)20-16-42-27(31-20)33-24(37)17-11-13-35-21(14-17)32-23(34-12-7-8-18(15-34)40-26(30)39)19(25(35)38)9-10-22(36)41-29(4,5)6/h9-11,13-14,16,18H,7-8,12,15H2,1-6H3,(H2,30,39)(H,31,33,37). The fourth-order valence-corrected chi connectivity index (χ4v) is 5.32. The van der Waals surface area contributed by atoms with Crippen molar-refractivity contribution < 1.29 is 23.9 Å². The molecule has 3 aromatic heterocycles. The number of nitrogens with one attached hydrogen (secondary N) is 1. The number of thiazole rings is 1. The quantitative estimate of drug-likeness (QED) is 0.315. The number of rotatable bonds is 6. The van der Waals surface area contributed by atoms with Gasteiger partial charge in [0.1, 0.15) is 23.2 Å². The largest absolute Gasteiger partial charge is 0.457 e. The van der Waals surface area contributed by atoms with Gasteiger partial charge in [0.25, 0.3) is 11.5 Å². The number of aromatic nitrogens is 3. The Bertz CT molecular complexity index is 1600. The minimum atomic E-state index is -0.885. The van der Waals surface area contributed by atoms with Gasteiger partial charge in [-0.25, -0.2) is 19.6 Å². The van der Waals surface area contributed by atoms with Crippen LogP contribution in [0.1, 0.15) is 76.0 Å². The molecule has 224 valence electrons. The molecule has 13 heteroatoms. The van der Waals surface area contributed by atoms with E-state index in [9.17, 15) is 19.2 Å². The Balaban J connectivity index is 1.72. The predicted octanol–water partition coefficient (Wildman–Crippen LogP) is 4.12. The molecule has 0 aromatic carbocycles. The first kappa shape index (κ1) is 30.7. The predicted molar refractivity (Wildman–Crippen MR) is 161 cm³/mol. The zero-order valence-corrected chi connectivity index (χ0v) is 25.4. The molecular weight excluding hydrogens is 560 g/mol. The molecule has 4 heterocycles. The van der Waals surface area contributed by atoms with Crippen molar-refractivity contribution in [2.75, 3.05) is 23.3 Å². The normalized spacial score (nSPS) is 16.0. The fraction of sp³-hybridized carbons (Fsp3) is 0.448. The molecule has 1 aliphatic rings. The van der Waals surface area contributed by atoms with Crippen molar-refractivity contribution in [1.29, 1.82) is 0 Å². The van der Waals surface area contributed by atoms with Crippen molar-refractivity contribution in [1.82, 2.24) is 14.4 Å². The maximum absolute atomic E-state index is 13.7. The smallest absolute Gasteiger partial charge is 0.404 e. The van der Waals surface area contributed by atoms with E-state index in [2.05, 4.69) is 10.3 Å². The number of carbonyl (C=O) groups is 3. The highest BCUT2D eigenvalue weighted by atomic mass is 32.1. The average molecular weight is 597 g/mol. The average Bonchev–Trinajstić information content (AvgIpc) is 3.35. The molecule has 0 saturated carbocycles. The van der Waals surface area contributed by atoms with Gasteiger partial charge in [0.05, 0.1) is 17.8 Å². The number of nitrogens with two attached hydrogens (primary N) is 1. The van der Waals surface area contributed by atoms with E-state index in [0.29, 0.717) is 24.5 Å². The van der Waals surface area contributed by atoms with Crippen LogP contribution in [0.25, 0.3) is 11.7 Å². The summed E-state index contributed by atoms with van der Waals surface area (Å²) < 4.78 is 11.9. The monoisotopic (exact) mass is 596 g/mol. The van der Waals surface area contributed by atoms with Gasteiger partial charge >= 0.3 is 12.1 Å². The lowest BCUT2D eigenvalue weighted by Gasteiger charge is -2.33. The van der Waals surface area contributed by atoms with Crippen LogP contribution in [0.15, 0.2) is 34.6 Å². The van der Waals surface area contributed by atoms with Gasteiger partial charge in [-0.1, -0.05) is 20.8 Å². The highest BCUT2D eigenvalue weighted by Gasteiger charge is 2.27. The van der Waals surface area contributed by atoms with Gasteiger partial charge in [0.15, 0.2) is 5.13 Å². The van der Waals surface area contributed by atoms with E-state index in [1.807, 2.05) is 31.1 Å². The van der Waals surface area contributed by atoms with Crippen LogP contribution >= 0.6 is 11.3 Å². The molecule has 0 spiro atoms. The third kappa shape index (κ3) is 7.52. The molecule has 3 N–H and O–H groups in total. The number of hydrogen-bond acceptors (Lipinski definition) is 10. The minimum Gasteiger partial charge on any atom is -0.457 e. The summed E-state index contributed by atoms with van der Waals surface area (Å²) >= 11 is 1.33. The lowest BCUT2D eigenvalue weighted by atomic mass is 9.93. The van der Waals surface area contributed by atoms with Gasteiger partial charge in [0.2, 0.25) is 0 Å². The Morgan fingerprint density at radius 2 is 1.90 bits per heavy atom. The molecule has 1 saturated heterocycles. The SMILES string of the molecule is CC(C)(C)OC(=O)C=Cc1c(N2CCCC(OC(N)=O)C2)nc2cc(C(=O)Nc3nc(C(C)(C)C)cs3)ccn2c1=O. The summed E-state index contributed by atoms with van der Waals surface area (Å²) in [4.78, 5) is 61.7. The van der Waals surface area contributed by atoms with Crippen LogP contribution < -0.4 is 21.5 Å². The highest BCUT2D eigenvalue weighted by molar-refractivity contribution is 7.14. The zero-order valence-electron chi connectivity index (χ0n) is 24.6. The number of anilines is 2. The van der Waals surface area contributed by atoms with Crippen molar-refractivity contribution in [3.05, 3.63) is 57.0 Å². The number of primary amides is 1. The number of carbonyl (C=O) groups excluding carboxylic acids is 3. The minimum absolute atomic E-state index is 0.146. The summed E-state index contributed by atoms with van der Waals surface area (Å²) in [7, 11) is 0. The van der Waals surface area contributed by atoms with Gasteiger partial charge in [-0.2, -0.15) is 0 Å². The third-order valence-electron chi connectivity index (χ3n) is 6.35. The number of hydrogen-bond donors (Lipinski definition) is 2.